The number of hydrogen-bond acceptors (Lipinski definition) is 3. The minimum atomic E-state index is -0.467. The van der Waals surface area contributed by atoms with Gasteiger partial charge in [-0.05, 0) is 24.3 Å². The molecule has 0 radical (unpaired) electrons. The van der Waals surface area contributed by atoms with Crippen molar-refractivity contribution >= 4 is 0 Å². The van der Waals surface area contributed by atoms with E-state index >= 15 is 0 Å². The lowest BCUT2D eigenvalue weighted by molar-refractivity contribution is 0.268. The zero-order valence-corrected chi connectivity index (χ0v) is 7.64. The molecule has 0 aliphatic rings. The van der Waals surface area contributed by atoms with Gasteiger partial charge in [0.05, 0.1) is 5.69 Å². The lowest BCUT2D eigenvalue weighted by Crippen LogP contribution is -2.16. The normalized spacial score (nSPS) is 10.5. The van der Waals surface area contributed by atoms with E-state index in [0.29, 0.717) is 5.69 Å². The first-order chi connectivity index (χ1) is 7.22. The highest BCUT2D eigenvalue weighted by Crippen LogP contribution is 2.08. The zero-order valence-electron chi connectivity index (χ0n) is 7.64. The van der Waals surface area contributed by atoms with Crippen LogP contribution in [0.1, 0.15) is 5.82 Å². The summed E-state index contributed by atoms with van der Waals surface area (Å²) in [5.74, 6) is -0.201. The van der Waals surface area contributed by atoms with Gasteiger partial charge in [-0.15, -0.1) is 0 Å². The number of H-pyrrole nitrogens is 1. The van der Waals surface area contributed by atoms with Crippen molar-refractivity contribution in [2.24, 2.45) is 0 Å². The van der Waals surface area contributed by atoms with Crippen molar-refractivity contribution in [3.8, 4) is 5.69 Å². The summed E-state index contributed by atoms with van der Waals surface area (Å²) in [6.07, 6.45) is 0. The van der Waals surface area contributed by atoms with E-state index in [-0.39, 0.29) is 18.2 Å². The van der Waals surface area contributed by atoms with Crippen molar-refractivity contribution in [3.63, 3.8) is 0 Å². The molecule has 6 heteroatoms. The Bertz CT molecular complexity index is 515. The van der Waals surface area contributed by atoms with Crippen LogP contribution < -0.4 is 5.69 Å². The van der Waals surface area contributed by atoms with Crippen molar-refractivity contribution in [2.45, 2.75) is 6.61 Å². The number of aliphatic hydroxyl groups excluding tert-OH is 1. The van der Waals surface area contributed by atoms with Gasteiger partial charge in [0.2, 0.25) is 0 Å². The molecule has 0 bridgehead atoms. The second kappa shape index (κ2) is 3.66. The third kappa shape index (κ3) is 1.66. The largest absolute Gasteiger partial charge is 0.388 e. The number of benzene rings is 1. The molecule has 0 amide bonds. The minimum absolute atomic E-state index is 0.187. The molecule has 5 nitrogen and oxygen atoms in total. The van der Waals surface area contributed by atoms with E-state index in [0.717, 1.165) is 0 Å². The standard InChI is InChI=1S/C9H8FN3O2/c10-6-1-3-7(4-2-6)13-8(5-14)11-12-9(13)15/h1-4,14H,5H2,(H,12,15). The predicted molar refractivity (Wildman–Crippen MR) is 50.1 cm³/mol. The van der Waals surface area contributed by atoms with Crippen LogP contribution in [0, 0.1) is 5.82 Å². The van der Waals surface area contributed by atoms with Gasteiger partial charge < -0.3 is 5.11 Å². The van der Waals surface area contributed by atoms with Gasteiger partial charge in [0.1, 0.15) is 12.4 Å². The molecule has 78 valence electrons. The molecule has 2 aromatic rings. The molecule has 0 atom stereocenters. The van der Waals surface area contributed by atoms with Crippen LogP contribution in [0.4, 0.5) is 4.39 Å². The lowest BCUT2D eigenvalue weighted by atomic mass is 10.3. The number of rotatable bonds is 2. The van der Waals surface area contributed by atoms with Crippen molar-refractivity contribution in [1.82, 2.24) is 14.8 Å². The molecule has 2 rings (SSSR count). The number of hydrogen-bond donors (Lipinski definition) is 2. The molecule has 0 fully saturated rings. The molecule has 1 aromatic heterocycles. The zero-order chi connectivity index (χ0) is 10.8. The maximum atomic E-state index is 12.7. The van der Waals surface area contributed by atoms with E-state index in [1.54, 1.807) is 0 Å². The lowest BCUT2D eigenvalue weighted by Gasteiger charge is -2.02. The highest BCUT2D eigenvalue weighted by molar-refractivity contribution is 5.32. The monoisotopic (exact) mass is 209 g/mol. The van der Waals surface area contributed by atoms with Crippen LogP contribution in [0.15, 0.2) is 29.1 Å². The Labute approximate surface area is 83.8 Å². The molecule has 0 saturated carbocycles. The fourth-order valence-corrected chi connectivity index (χ4v) is 1.29. The third-order valence-electron chi connectivity index (χ3n) is 1.97. The number of nitrogens with zero attached hydrogens (tertiary/aromatic N) is 2. The summed E-state index contributed by atoms with van der Waals surface area (Å²) in [5, 5.41) is 14.8. The maximum Gasteiger partial charge on any atom is 0.348 e. The van der Waals surface area contributed by atoms with E-state index in [1.807, 2.05) is 0 Å². The molecule has 0 saturated heterocycles. The first-order valence-electron chi connectivity index (χ1n) is 4.25. The molecule has 0 aliphatic heterocycles. The summed E-state index contributed by atoms with van der Waals surface area (Å²) in [7, 11) is 0. The van der Waals surface area contributed by atoms with Crippen LogP contribution in [-0.2, 0) is 6.61 Å². The number of aliphatic hydroxyl groups is 1. The van der Waals surface area contributed by atoms with E-state index in [9.17, 15) is 9.18 Å². The Hall–Kier alpha value is -1.95. The molecule has 2 N–H and O–H groups in total. The van der Waals surface area contributed by atoms with Crippen molar-refractivity contribution in [1.29, 1.82) is 0 Å². The molecular formula is C9H8FN3O2. The average Bonchev–Trinajstić information content (AvgIpc) is 2.61. The highest BCUT2D eigenvalue weighted by Gasteiger charge is 2.08. The predicted octanol–water partition coefficient (Wildman–Crippen LogP) is 0.192. The van der Waals surface area contributed by atoms with E-state index in [2.05, 4.69) is 10.2 Å². The SMILES string of the molecule is O=c1[nH]nc(CO)n1-c1ccc(F)cc1. The van der Waals surface area contributed by atoms with E-state index in [1.165, 1.54) is 28.8 Å². The van der Waals surface area contributed by atoms with Gasteiger partial charge in [-0.3, -0.25) is 0 Å². The smallest absolute Gasteiger partial charge is 0.348 e. The van der Waals surface area contributed by atoms with E-state index < -0.39 is 5.69 Å². The highest BCUT2D eigenvalue weighted by atomic mass is 19.1. The van der Waals surface area contributed by atoms with Crippen molar-refractivity contribution in [3.05, 3.63) is 46.4 Å². The van der Waals surface area contributed by atoms with Crippen molar-refractivity contribution in [2.75, 3.05) is 0 Å². The van der Waals surface area contributed by atoms with Gasteiger partial charge in [0.25, 0.3) is 0 Å². The van der Waals surface area contributed by atoms with Crippen molar-refractivity contribution < 1.29 is 9.50 Å². The fraction of sp³-hybridized carbons (Fsp3) is 0.111. The van der Waals surface area contributed by atoms with Gasteiger partial charge in [-0.1, -0.05) is 0 Å². The summed E-state index contributed by atoms with van der Waals surface area (Å²) in [5.41, 5.74) is -0.00939. The molecule has 1 heterocycles. The van der Waals surface area contributed by atoms with Crippen LogP contribution >= 0.6 is 0 Å². The molecule has 15 heavy (non-hydrogen) atoms. The Morgan fingerprint density at radius 1 is 1.40 bits per heavy atom. The molecular weight excluding hydrogens is 201 g/mol. The number of aromatic amines is 1. The third-order valence-corrected chi connectivity index (χ3v) is 1.97. The van der Waals surface area contributed by atoms with Gasteiger partial charge in [0.15, 0.2) is 5.82 Å². The van der Waals surface area contributed by atoms with Crippen LogP contribution in [0.3, 0.4) is 0 Å². The molecule has 0 aliphatic carbocycles. The quantitative estimate of drug-likeness (QED) is 0.741. The Balaban J connectivity index is 2.57. The first-order valence-corrected chi connectivity index (χ1v) is 4.25. The second-order valence-corrected chi connectivity index (χ2v) is 2.91. The summed E-state index contributed by atoms with van der Waals surface area (Å²) < 4.78 is 13.8. The van der Waals surface area contributed by atoms with Gasteiger partial charge in [0, 0.05) is 0 Å². The first kappa shape index (κ1) is 9.60. The number of halogens is 1. The van der Waals surface area contributed by atoms with Crippen LogP contribution in [-0.4, -0.2) is 19.9 Å². The Morgan fingerprint density at radius 3 is 2.67 bits per heavy atom. The Morgan fingerprint density at radius 2 is 2.07 bits per heavy atom. The van der Waals surface area contributed by atoms with Crippen LogP contribution in [0.2, 0.25) is 0 Å². The Kier molecular flexibility index (Phi) is 2.34. The topological polar surface area (TPSA) is 70.9 Å². The maximum absolute atomic E-state index is 12.7. The van der Waals surface area contributed by atoms with Crippen LogP contribution in [0.25, 0.3) is 5.69 Å². The molecule has 0 unspecified atom stereocenters. The minimum Gasteiger partial charge on any atom is -0.388 e. The average molecular weight is 209 g/mol. The summed E-state index contributed by atoms with van der Waals surface area (Å²) in [4.78, 5) is 11.3. The van der Waals surface area contributed by atoms with Gasteiger partial charge in [-0.2, -0.15) is 5.10 Å². The van der Waals surface area contributed by atoms with Gasteiger partial charge >= 0.3 is 5.69 Å². The summed E-state index contributed by atoms with van der Waals surface area (Å²) >= 11 is 0. The number of nitrogens with one attached hydrogen (secondary N) is 1. The second-order valence-electron chi connectivity index (χ2n) is 2.91. The number of aromatic nitrogens is 3. The fourth-order valence-electron chi connectivity index (χ4n) is 1.29. The molecule has 1 aromatic carbocycles. The molecule has 0 spiro atoms. The van der Waals surface area contributed by atoms with Crippen LogP contribution in [0.5, 0.6) is 0 Å². The summed E-state index contributed by atoms with van der Waals surface area (Å²) in [6.45, 7) is -0.365. The van der Waals surface area contributed by atoms with Gasteiger partial charge in [-0.25, -0.2) is 18.9 Å². The van der Waals surface area contributed by atoms with E-state index in [4.69, 9.17) is 5.11 Å². The summed E-state index contributed by atoms with van der Waals surface area (Å²) in [6, 6.07) is 5.34.